The molecule has 1 heterocycles. The highest BCUT2D eigenvalue weighted by Crippen LogP contribution is 2.35. The predicted octanol–water partition coefficient (Wildman–Crippen LogP) is 2.25. The Hall–Kier alpha value is -1.55. The van der Waals surface area contributed by atoms with Gasteiger partial charge in [0.2, 0.25) is 0 Å². The molecule has 96 valence electrons. The molecule has 2 N–H and O–H groups in total. The Morgan fingerprint density at radius 2 is 2.00 bits per heavy atom. The zero-order valence-corrected chi connectivity index (χ0v) is 10.6. The largest absolute Gasteiger partial charge is 0.419 e. The number of aromatic nitrogens is 1. The Morgan fingerprint density at radius 1 is 1.28 bits per heavy atom. The second-order valence-electron chi connectivity index (χ2n) is 5.33. The van der Waals surface area contributed by atoms with Gasteiger partial charge in [0.05, 0.1) is 5.52 Å². The summed E-state index contributed by atoms with van der Waals surface area (Å²) in [4.78, 5) is 11.5. The molecule has 2 aromatic rings. The standard InChI is InChI=1S/C14H18N2O2/c1-16-11-9-10(5-6-12(11)18-13(16)17)14(15)7-3-2-4-8-14/h5-6,9H,2-4,7-8,15H2,1H3. The molecule has 4 nitrogen and oxygen atoms in total. The normalized spacial score (nSPS) is 19.2. The lowest BCUT2D eigenvalue weighted by Gasteiger charge is -2.33. The number of oxazole rings is 1. The second kappa shape index (κ2) is 3.99. The van der Waals surface area contributed by atoms with Gasteiger partial charge in [-0.3, -0.25) is 4.57 Å². The number of hydrogen-bond acceptors (Lipinski definition) is 3. The molecule has 0 aliphatic heterocycles. The number of nitrogens with two attached hydrogens (primary N) is 1. The molecule has 1 fully saturated rings. The van der Waals surface area contributed by atoms with Gasteiger partial charge >= 0.3 is 5.76 Å². The van der Waals surface area contributed by atoms with Gasteiger partial charge in [-0.05, 0) is 30.5 Å². The summed E-state index contributed by atoms with van der Waals surface area (Å²) < 4.78 is 6.67. The lowest BCUT2D eigenvalue weighted by Crippen LogP contribution is -2.38. The minimum Gasteiger partial charge on any atom is -0.408 e. The number of nitrogens with zero attached hydrogens (tertiary/aromatic N) is 1. The molecule has 4 heteroatoms. The molecule has 1 saturated carbocycles. The third kappa shape index (κ3) is 1.68. The first-order chi connectivity index (χ1) is 8.60. The van der Waals surface area contributed by atoms with Crippen LogP contribution in [0.1, 0.15) is 37.7 Å². The highest BCUT2D eigenvalue weighted by Gasteiger charge is 2.29. The van der Waals surface area contributed by atoms with E-state index in [4.69, 9.17) is 10.2 Å². The Labute approximate surface area is 105 Å². The molecule has 0 bridgehead atoms. The second-order valence-corrected chi connectivity index (χ2v) is 5.33. The molecule has 0 spiro atoms. The van der Waals surface area contributed by atoms with Crippen LogP contribution >= 0.6 is 0 Å². The summed E-state index contributed by atoms with van der Waals surface area (Å²) in [7, 11) is 1.72. The average molecular weight is 246 g/mol. The summed E-state index contributed by atoms with van der Waals surface area (Å²) in [5, 5.41) is 0. The van der Waals surface area contributed by atoms with Crippen molar-refractivity contribution in [3.8, 4) is 0 Å². The predicted molar refractivity (Wildman–Crippen MR) is 70.4 cm³/mol. The van der Waals surface area contributed by atoms with E-state index in [2.05, 4.69) is 0 Å². The van der Waals surface area contributed by atoms with Crippen LogP contribution in [0.15, 0.2) is 27.4 Å². The van der Waals surface area contributed by atoms with Crippen LogP contribution in [0.2, 0.25) is 0 Å². The Balaban J connectivity index is 2.12. The van der Waals surface area contributed by atoms with Gasteiger partial charge in [0.1, 0.15) is 0 Å². The van der Waals surface area contributed by atoms with Gasteiger partial charge in [0.25, 0.3) is 0 Å². The van der Waals surface area contributed by atoms with E-state index in [9.17, 15) is 4.79 Å². The van der Waals surface area contributed by atoms with E-state index >= 15 is 0 Å². The van der Waals surface area contributed by atoms with E-state index in [1.165, 1.54) is 23.8 Å². The monoisotopic (exact) mass is 246 g/mol. The third-order valence-corrected chi connectivity index (χ3v) is 4.11. The fraction of sp³-hybridized carbons (Fsp3) is 0.500. The van der Waals surface area contributed by atoms with Crippen LogP contribution in [0.3, 0.4) is 0 Å². The first kappa shape index (κ1) is 11.5. The van der Waals surface area contributed by atoms with Crippen molar-refractivity contribution in [2.24, 2.45) is 12.8 Å². The Kier molecular flexibility index (Phi) is 2.55. The number of fused-ring (bicyclic) bond motifs is 1. The Bertz CT molecular complexity index is 633. The van der Waals surface area contributed by atoms with Gasteiger partial charge < -0.3 is 10.2 Å². The van der Waals surface area contributed by atoms with Crippen LogP contribution in [-0.4, -0.2) is 4.57 Å². The summed E-state index contributed by atoms with van der Waals surface area (Å²) in [6.07, 6.45) is 5.66. The van der Waals surface area contributed by atoms with Gasteiger partial charge in [-0.2, -0.15) is 0 Å². The summed E-state index contributed by atoms with van der Waals surface area (Å²) in [5.41, 5.74) is 8.85. The summed E-state index contributed by atoms with van der Waals surface area (Å²) in [5.74, 6) is -0.322. The third-order valence-electron chi connectivity index (χ3n) is 4.11. The van der Waals surface area contributed by atoms with Crippen LogP contribution in [0, 0.1) is 0 Å². The topological polar surface area (TPSA) is 61.2 Å². The molecule has 0 atom stereocenters. The molecule has 0 saturated heterocycles. The molecule has 0 unspecified atom stereocenters. The van der Waals surface area contributed by atoms with Crippen molar-refractivity contribution in [1.29, 1.82) is 0 Å². The fourth-order valence-corrected chi connectivity index (χ4v) is 2.91. The van der Waals surface area contributed by atoms with Gasteiger partial charge in [-0.25, -0.2) is 4.79 Å². The number of benzene rings is 1. The van der Waals surface area contributed by atoms with Crippen molar-refractivity contribution in [1.82, 2.24) is 4.57 Å². The molecule has 1 aliphatic carbocycles. The molecule has 1 aromatic heterocycles. The van der Waals surface area contributed by atoms with Crippen LogP contribution in [-0.2, 0) is 12.6 Å². The fourth-order valence-electron chi connectivity index (χ4n) is 2.91. The smallest absolute Gasteiger partial charge is 0.408 e. The van der Waals surface area contributed by atoms with Crippen LogP contribution in [0.5, 0.6) is 0 Å². The van der Waals surface area contributed by atoms with Gasteiger partial charge in [0, 0.05) is 12.6 Å². The summed E-state index contributed by atoms with van der Waals surface area (Å²) in [6, 6.07) is 5.86. The summed E-state index contributed by atoms with van der Waals surface area (Å²) in [6.45, 7) is 0. The minimum absolute atomic E-state index is 0.236. The zero-order chi connectivity index (χ0) is 12.8. The van der Waals surface area contributed by atoms with Crippen molar-refractivity contribution < 1.29 is 4.42 Å². The number of rotatable bonds is 1. The van der Waals surface area contributed by atoms with Gasteiger partial charge in [-0.1, -0.05) is 25.3 Å². The maximum Gasteiger partial charge on any atom is 0.419 e. The molecule has 0 amide bonds. The first-order valence-corrected chi connectivity index (χ1v) is 6.49. The average Bonchev–Trinajstić information content (AvgIpc) is 2.66. The van der Waals surface area contributed by atoms with E-state index in [1.54, 1.807) is 7.05 Å². The van der Waals surface area contributed by atoms with Crippen molar-refractivity contribution in [3.05, 3.63) is 34.3 Å². The zero-order valence-electron chi connectivity index (χ0n) is 10.6. The molecule has 1 aliphatic rings. The molecular weight excluding hydrogens is 228 g/mol. The van der Waals surface area contributed by atoms with Crippen LogP contribution < -0.4 is 11.5 Å². The van der Waals surface area contributed by atoms with E-state index in [-0.39, 0.29) is 11.3 Å². The summed E-state index contributed by atoms with van der Waals surface area (Å²) >= 11 is 0. The number of aryl methyl sites for hydroxylation is 1. The van der Waals surface area contributed by atoms with Crippen molar-refractivity contribution in [2.75, 3.05) is 0 Å². The van der Waals surface area contributed by atoms with Crippen LogP contribution in [0.4, 0.5) is 0 Å². The van der Waals surface area contributed by atoms with E-state index in [0.29, 0.717) is 5.58 Å². The molecule has 3 rings (SSSR count). The van der Waals surface area contributed by atoms with Crippen LogP contribution in [0.25, 0.3) is 11.1 Å². The van der Waals surface area contributed by atoms with Gasteiger partial charge in [-0.15, -0.1) is 0 Å². The molecule has 1 aromatic carbocycles. The lowest BCUT2D eigenvalue weighted by atomic mass is 9.77. The molecule has 18 heavy (non-hydrogen) atoms. The van der Waals surface area contributed by atoms with Crippen molar-refractivity contribution in [3.63, 3.8) is 0 Å². The molecular formula is C14H18N2O2. The first-order valence-electron chi connectivity index (χ1n) is 6.49. The van der Waals surface area contributed by atoms with Crippen molar-refractivity contribution in [2.45, 2.75) is 37.6 Å². The number of hydrogen-bond donors (Lipinski definition) is 1. The van der Waals surface area contributed by atoms with E-state index in [1.807, 2.05) is 18.2 Å². The molecule has 0 radical (unpaired) electrons. The van der Waals surface area contributed by atoms with E-state index in [0.717, 1.165) is 23.9 Å². The highest BCUT2D eigenvalue weighted by atomic mass is 16.4. The minimum atomic E-state index is -0.322. The maximum absolute atomic E-state index is 11.5. The SMILES string of the molecule is Cn1c(=O)oc2ccc(C3(N)CCCCC3)cc21. The van der Waals surface area contributed by atoms with E-state index < -0.39 is 0 Å². The van der Waals surface area contributed by atoms with Crippen molar-refractivity contribution >= 4 is 11.1 Å². The lowest BCUT2D eigenvalue weighted by molar-refractivity contribution is 0.302. The van der Waals surface area contributed by atoms with Gasteiger partial charge in [0.15, 0.2) is 5.58 Å². The highest BCUT2D eigenvalue weighted by molar-refractivity contribution is 5.74. The Morgan fingerprint density at radius 3 is 2.72 bits per heavy atom. The maximum atomic E-state index is 11.5. The quantitative estimate of drug-likeness (QED) is 0.839.